The lowest BCUT2D eigenvalue weighted by atomic mass is 10.1. The van der Waals surface area contributed by atoms with Gasteiger partial charge in [-0.15, -0.1) is 0 Å². The molecule has 0 spiro atoms. The molecule has 168 valence electrons. The smallest absolute Gasteiger partial charge is 0.193 e. The third-order valence-corrected chi connectivity index (χ3v) is 5.29. The van der Waals surface area contributed by atoms with Crippen LogP contribution >= 0.6 is 0 Å². The van der Waals surface area contributed by atoms with E-state index in [0.717, 1.165) is 43.8 Å². The van der Waals surface area contributed by atoms with E-state index in [1.165, 1.54) is 16.7 Å². The van der Waals surface area contributed by atoms with Gasteiger partial charge in [0, 0.05) is 39.9 Å². The van der Waals surface area contributed by atoms with Crippen molar-refractivity contribution >= 4 is 11.8 Å². The molecule has 1 aromatic heterocycles. The molecule has 0 amide bonds. The predicted molar refractivity (Wildman–Crippen MR) is 126 cm³/mol. The maximum atomic E-state index is 5.94. The van der Waals surface area contributed by atoms with Crippen molar-refractivity contribution in [3.8, 4) is 5.75 Å². The summed E-state index contributed by atoms with van der Waals surface area (Å²) in [6, 6.07) is 10.5. The minimum atomic E-state index is 0.232. The number of hydrogen-bond acceptors (Lipinski definition) is 5. The summed E-state index contributed by atoms with van der Waals surface area (Å²) < 4.78 is 11.6. The van der Waals surface area contributed by atoms with Crippen molar-refractivity contribution in [3.05, 3.63) is 53.2 Å². The fourth-order valence-corrected chi connectivity index (χ4v) is 3.76. The number of rotatable bonds is 7. The number of likely N-dealkylation sites (N-methyl/N-ethyl adjacent to an activating group) is 1. The van der Waals surface area contributed by atoms with E-state index in [2.05, 4.69) is 70.1 Å². The SMILES string of the molecule is CN=C(NCc1ccnc(N2CCOC(C)C2)c1)N(C)CCOc1cc(C)cc(C)c1. The van der Waals surface area contributed by atoms with Crippen molar-refractivity contribution in [1.82, 2.24) is 15.2 Å². The van der Waals surface area contributed by atoms with E-state index in [0.29, 0.717) is 13.2 Å². The molecule has 7 nitrogen and oxygen atoms in total. The molecular formula is C24H35N5O2. The number of benzene rings is 1. The molecule has 1 aliphatic rings. The van der Waals surface area contributed by atoms with E-state index >= 15 is 0 Å². The van der Waals surface area contributed by atoms with E-state index in [-0.39, 0.29) is 6.10 Å². The van der Waals surface area contributed by atoms with Gasteiger partial charge in [0.05, 0.1) is 19.3 Å². The number of pyridine rings is 1. The van der Waals surface area contributed by atoms with E-state index in [9.17, 15) is 0 Å². The molecule has 1 aliphatic heterocycles. The fraction of sp³-hybridized carbons (Fsp3) is 0.500. The Morgan fingerprint density at radius 1 is 1.29 bits per heavy atom. The van der Waals surface area contributed by atoms with Crippen LogP contribution in [0.15, 0.2) is 41.5 Å². The van der Waals surface area contributed by atoms with E-state index in [4.69, 9.17) is 9.47 Å². The van der Waals surface area contributed by atoms with E-state index in [1.807, 2.05) is 19.3 Å². The average molecular weight is 426 g/mol. The van der Waals surface area contributed by atoms with E-state index < -0.39 is 0 Å². The molecule has 1 fully saturated rings. The second-order valence-electron chi connectivity index (χ2n) is 8.14. The number of aryl methyl sites for hydroxylation is 2. The van der Waals surface area contributed by atoms with Crippen LogP contribution in [0.3, 0.4) is 0 Å². The molecule has 1 saturated heterocycles. The van der Waals surface area contributed by atoms with Gasteiger partial charge >= 0.3 is 0 Å². The van der Waals surface area contributed by atoms with Crippen LogP contribution in [0.4, 0.5) is 5.82 Å². The van der Waals surface area contributed by atoms with Gasteiger partial charge < -0.3 is 24.6 Å². The van der Waals surface area contributed by atoms with Crippen LogP contribution in [-0.2, 0) is 11.3 Å². The molecule has 7 heteroatoms. The largest absolute Gasteiger partial charge is 0.492 e. The number of morpholine rings is 1. The molecule has 0 radical (unpaired) electrons. The van der Waals surface area contributed by atoms with Gasteiger partial charge in [-0.05, 0) is 61.7 Å². The molecule has 3 rings (SSSR count). The van der Waals surface area contributed by atoms with Crippen molar-refractivity contribution in [1.29, 1.82) is 0 Å². The first-order chi connectivity index (χ1) is 14.9. The molecule has 1 aromatic carbocycles. The highest BCUT2D eigenvalue weighted by Gasteiger charge is 2.18. The van der Waals surface area contributed by atoms with Crippen LogP contribution < -0.4 is 15.0 Å². The lowest BCUT2D eigenvalue weighted by Crippen LogP contribution is -2.42. The third kappa shape index (κ3) is 6.85. The Kier molecular flexibility index (Phi) is 8.12. The van der Waals surface area contributed by atoms with Crippen molar-refractivity contribution in [3.63, 3.8) is 0 Å². The first kappa shape index (κ1) is 22.9. The molecule has 1 atom stereocenters. The monoisotopic (exact) mass is 425 g/mol. The number of anilines is 1. The van der Waals surface area contributed by atoms with Crippen LogP contribution in [0.2, 0.25) is 0 Å². The van der Waals surface area contributed by atoms with Gasteiger partial charge in [-0.2, -0.15) is 0 Å². The highest BCUT2D eigenvalue weighted by molar-refractivity contribution is 5.79. The van der Waals surface area contributed by atoms with Crippen molar-refractivity contribution in [2.75, 3.05) is 51.8 Å². The van der Waals surface area contributed by atoms with Crippen LogP contribution in [0.25, 0.3) is 0 Å². The standard InChI is InChI=1S/C24H35N5O2/c1-18-12-19(2)14-22(13-18)31-10-8-28(5)24(25-4)27-16-21-6-7-26-23(15-21)29-9-11-30-20(3)17-29/h6-7,12-15,20H,8-11,16-17H2,1-5H3,(H,25,27). The average Bonchev–Trinajstić information content (AvgIpc) is 2.74. The molecule has 0 bridgehead atoms. The summed E-state index contributed by atoms with van der Waals surface area (Å²) in [5.74, 6) is 2.75. The molecule has 0 aliphatic carbocycles. The first-order valence-corrected chi connectivity index (χ1v) is 10.9. The number of aromatic nitrogens is 1. The van der Waals surface area contributed by atoms with Crippen molar-refractivity contribution in [2.24, 2.45) is 4.99 Å². The molecule has 2 heterocycles. The van der Waals surface area contributed by atoms with Crippen LogP contribution in [-0.4, -0.2) is 68.9 Å². The quantitative estimate of drug-likeness (QED) is 0.544. The second kappa shape index (κ2) is 11.0. The molecular weight excluding hydrogens is 390 g/mol. The number of nitrogens with one attached hydrogen (secondary N) is 1. The van der Waals surface area contributed by atoms with Gasteiger partial charge in [-0.25, -0.2) is 4.98 Å². The molecule has 31 heavy (non-hydrogen) atoms. The summed E-state index contributed by atoms with van der Waals surface area (Å²) in [5.41, 5.74) is 3.60. The zero-order valence-corrected chi connectivity index (χ0v) is 19.4. The lowest BCUT2D eigenvalue weighted by Gasteiger charge is -2.32. The van der Waals surface area contributed by atoms with Crippen LogP contribution in [0.1, 0.15) is 23.6 Å². The minimum absolute atomic E-state index is 0.232. The number of aliphatic imine (C=N–C) groups is 1. The van der Waals surface area contributed by atoms with Crippen molar-refractivity contribution in [2.45, 2.75) is 33.4 Å². The Labute approximate surface area is 186 Å². The number of hydrogen-bond donors (Lipinski definition) is 1. The fourth-order valence-electron chi connectivity index (χ4n) is 3.76. The first-order valence-electron chi connectivity index (χ1n) is 10.9. The number of guanidine groups is 1. The van der Waals surface area contributed by atoms with Gasteiger partial charge in [0.2, 0.25) is 0 Å². The van der Waals surface area contributed by atoms with E-state index in [1.54, 1.807) is 7.05 Å². The maximum Gasteiger partial charge on any atom is 0.193 e. The molecule has 1 unspecified atom stereocenters. The molecule has 2 aromatic rings. The Bertz CT molecular complexity index is 866. The Hall–Kier alpha value is -2.80. The second-order valence-corrected chi connectivity index (χ2v) is 8.14. The number of nitrogens with zero attached hydrogens (tertiary/aromatic N) is 4. The topological polar surface area (TPSA) is 62.2 Å². The highest BCUT2D eigenvalue weighted by atomic mass is 16.5. The zero-order chi connectivity index (χ0) is 22.2. The van der Waals surface area contributed by atoms with Gasteiger partial charge in [0.25, 0.3) is 0 Å². The Balaban J connectivity index is 1.50. The number of ether oxygens (including phenoxy) is 2. The van der Waals surface area contributed by atoms with Gasteiger partial charge in [0.15, 0.2) is 5.96 Å². The lowest BCUT2D eigenvalue weighted by molar-refractivity contribution is 0.0529. The summed E-state index contributed by atoms with van der Waals surface area (Å²) in [5, 5.41) is 3.44. The summed E-state index contributed by atoms with van der Waals surface area (Å²) in [4.78, 5) is 13.3. The minimum Gasteiger partial charge on any atom is -0.492 e. The van der Waals surface area contributed by atoms with Gasteiger partial charge in [-0.3, -0.25) is 4.99 Å². The maximum absolute atomic E-state index is 5.94. The van der Waals surface area contributed by atoms with Crippen LogP contribution in [0, 0.1) is 13.8 Å². The summed E-state index contributed by atoms with van der Waals surface area (Å²) in [6.45, 7) is 10.8. The normalized spacial score (nSPS) is 16.9. The highest BCUT2D eigenvalue weighted by Crippen LogP contribution is 2.17. The predicted octanol–water partition coefficient (Wildman–Crippen LogP) is 3.01. The Morgan fingerprint density at radius 2 is 2.06 bits per heavy atom. The van der Waals surface area contributed by atoms with Crippen molar-refractivity contribution < 1.29 is 9.47 Å². The van der Waals surface area contributed by atoms with Gasteiger partial charge in [-0.1, -0.05) is 6.07 Å². The summed E-state index contributed by atoms with van der Waals surface area (Å²) in [7, 11) is 3.82. The molecule has 1 N–H and O–H groups in total. The zero-order valence-electron chi connectivity index (χ0n) is 19.4. The Morgan fingerprint density at radius 3 is 2.77 bits per heavy atom. The summed E-state index contributed by atoms with van der Waals surface area (Å²) in [6.07, 6.45) is 2.10. The molecule has 0 saturated carbocycles. The van der Waals surface area contributed by atoms with Crippen LogP contribution in [0.5, 0.6) is 5.75 Å². The summed E-state index contributed by atoms with van der Waals surface area (Å²) >= 11 is 0. The third-order valence-electron chi connectivity index (χ3n) is 5.29. The van der Waals surface area contributed by atoms with Gasteiger partial charge in [0.1, 0.15) is 18.2 Å².